The summed E-state index contributed by atoms with van der Waals surface area (Å²) in [6, 6.07) is 20.8. The zero-order chi connectivity index (χ0) is 30.3. The monoisotopic (exact) mass is 596 g/mol. The highest BCUT2D eigenvalue weighted by Gasteiger charge is 2.22. The third-order valence-electron chi connectivity index (χ3n) is 6.78. The van der Waals surface area contributed by atoms with Gasteiger partial charge >= 0.3 is 12.0 Å². The molecule has 3 aromatic carbocycles. The summed E-state index contributed by atoms with van der Waals surface area (Å²) >= 11 is 1.37. The summed E-state index contributed by atoms with van der Waals surface area (Å²) in [4.78, 5) is 29.4. The highest BCUT2D eigenvalue weighted by atomic mass is 32.1. The maximum atomic E-state index is 13.0. The second kappa shape index (κ2) is 10.8. The average Bonchev–Trinajstić information content (AvgIpc) is 3.66. The summed E-state index contributed by atoms with van der Waals surface area (Å²) < 4.78 is 10.3. The van der Waals surface area contributed by atoms with E-state index in [0.717, 1.165) is 21.5 Å². The van der Waals surface area contributed by atoms with Gasteiger partial charge < -0.3 is 20.3 Å². The lowest BCUT2D eigenvalue weighted by atomic mass is 9.92. The highest BCUT2D eigenvalue weighted by Crippen LogP contribution is 2.33. The van der Waals surface area contributed by atoms with Crippen LogP contribution in [-0.4, -0.2) is 41.4 Å². The Hall–Kier alpha value is -5.36. The van der Waals surface area contributed by atoms with E-state index in [1.165, 1.54) is 17.5 Å². The molecule has 12 heteroatoms. The molecule has 3 aromatic heterocycles. The van der Waals surface area contributed by atoms with Crippen molar-refractivity contribution < 1.29 is 24.5 Å². The van der Waals surface area contributed by atoms with Gasteiger partial charge in [0.25, 0.3) is 0 Å². The number of hydrogen-bond acceptors (Lipinski definition) is 7. The molecule has 43 heavy (non-hydrogen) atoms. The molecule has 0 aliphatic carbocycles. The van der Waals surface area contributed by atoms with Crippen LogP contribution in [-0.2, 0) is 12.0 Å². The van der Waals surface area contributed by atoms with E-state index in [-0.39, 0.29) is 23.4 Å². The van der Waals surface area contributed by atoms with E-state index in [1.54, 1.807) is 45.5 Å². The molecule has 0 radical (unpaired) electrons. The molecule has 0 atom stereocenters. The molecule has 6 rings (SSSR count). The van der Waals surface area contributed by atoms with Crippen molar-refractivity contribution in [2.24, 2.45) is 0 Å². The van der Waals surface area contributed by atoms with Gasteiger partial charge in [0, 0.05) is 29.7 Å². The third kappa shape index (κ3) is 5.60. The number of hydrogen-bond donors (Lipinski definition) is 4. The van der Waals surface area contributed by atoms with Crippen molar-refractivity contribution in [2.45, 2.75) is 32.7 Å². The number of phenols is 1. The molecule has 6 aromatic rings. The zero-order valence-corrected chi connectivity index (χ0v) is 24.3. The molecule has 2 amide bonds. The summed E-state index contributed by atoms with van der Waals surface area (Å²) in [5, 5.41) is 29.7. The number of aromatic carboxylic acids is 1. The Morgan fingerprint density at radius 3 is 2.53 bits per heavy atom. The SMILES string of the molecule is CC(C)(C)c1cc(NC(=O)NCc2ccccc2Oc2ccc3c(c2)sc2ncc(C(=O)O)n23)n(-c2ccc(O)cc2)n1. The van der Waals surface area contributed by atoms with Gasteiger partial charge in [-0.25, -0.2) is 19.3 Å². The van der Waals surface area contributed by atoms with Crippen LogP contribution in [0.3, 0.4) is 0 Å². The maximum Gasteiger partial charge on any atom is 0.354 e. The first kappa shape index (κ1) is 27.8. The lowest BCUT2D eigenvalue weighted by Gasteiger charge is -2.14. The van der Waals surface area contributed by atoms with Crippen LogP contribution in [0.1, 0.15) is 42.5 Å². The Morgan fingerprint density at radius 1 is 1.02 bits per heavy atom. The Kier molecular flexibility index (Phi) is 6.98. The minimum absolute atomic E-state index is 0.102. The van der Waals surface area contributed by atoms with Gasteiger partial charge in [0.15, 0.2) is 10.7 Å². The van der Waals surface area contributed by atoms with E-state index < -0.39 is 12.0 Å². The normalized spacial score (nSPS) is 11.6. The minimum Gasteiger partial charge on any atom is -0.508 e. The van der Waals surface area contributed by atoms with E-state index in [9.17, 15) is 19.8 Å². The lowest BCUT2D eigenvalue weighted by Crippen LogP contribution is -2.29. The molecule has 0 fully saturated rings. The first-order valence-corrected chi connectivity index (χ1v) is 14.2. The number of para-hydroxylation sites is 1. The summed E-state index contributed by atoms with van der Waals surface area (Å²) in [5.41, 5.74) is 2.83. The predicted molar refractivity (Wildman–Crippen MR) is 164 cm³/mol. The number of ether oxygens (including phenoxy) is 1. The fraction of sp³-hybridized carbons (Fsp3) is 0.161. The van der Waals surface area contributed by atoms with Crippen molar-refractivity contribution >= 4 is 44.3 Å². The number of phenolic OH excluding ortho intramolecular Hbond substituents is 1. The number of urea groups is 1. The Balaban J connectivity index is 1.19. The fourth-order valence-corrected chi connectivity index (χ4v) is 5.58. The van der Waals surface area contributed by atoms with Gasteiger partial charge in [0.05, 0.1) is 27.8 Å². The molecule has 0 saturated carbocycles. The second-order valence-corrected chi connectivity index (χ2v) is 11.9. The van der Waals surface area contributed by atoms with Crippen molar-refractivity contribution in [2.75, 3.05) is 5.32 Å². The van der Waals surface area contributed by atoms with Crippen molar-refractivity contribution in [1.29, 1.82) is 0 Å². The molecule has 218 valence electrons. The quantitative estimate of drug-likeness (QED) is 0.164. The number of aromatic nitrogens is 4. The number of thiazole rings is 1. The predicted octanol–water partition coefficient (Wildman–Crippen LogP) is 6.55. The maximum absolute atomic E-state index is 13.0. The van der Waals surface area contributed by atoms with Crippen molar-refractivity contribution in [3.05, 3.63) is 95.9 Å². The van der Waals surface area contributed by atoms with E-state index in [1.807, 2.05) is 57.2 Å². The number of carboxylic acids is 1. The molecule has 11 nitrogen and oxygen atoms in total. The number of nitrogens with one attached hydrogen (secondary N) is 2. The van der Waals surface area contributed by atoms with Gasteiger partial charge in [-0.3, -0.25) is 9.72 Å². The highest BCUT2D eigenvalue weighted by molar-refractivity contribution is 7.23. The number of carbonyl (C=O) groups is 2. The molecule has 0 aliphatic heterocycles. The van der Waals surface area contributed by atoms with Crippen LogP contribution >= 0.6 is 11.3 Å². The largest absolute Gasteiger partial charge is 0.508 e. The Labute approximate surface area is 250 Å². The van der Waals surface area contributed by atoms with Crippen molar-refractivity contribution in [3.63, 3.8) is 0 Å². The number of imidazole rings is 1. The first-order valence-electron chi connectivity index (χ1n) is 13.4. The second-order valence-electron chi connectivity index (χ2n) is 10.9. The number of anilines is 1. The van der Waals surface area contributed by atoms with Gasteiger partial charge in [0.2, 0.25) is 0 Å². The van der Waals surface area contributed by atoms with Gasteiger partial charge in [-0.1, -0.05) is 50.3 Å². The standard InChI is InChI=1S/C31H28N6O5S/c1-31(2,3)26-15-27(37(35-26)19-8-10-20(38)11-9-19)34-29(41)32-16-18-6-4-5-7-24(18)42-21-12-13-22-25(14-21)43-30-33-17-23(28(39)40)36(22)30/h4-15,17,38H,16H2,1-3H3,(H,39,40)(H2,32,34,41). The number of aromatic hydroxyl groups is 1. The minimum atomic E-state index is -1.04. The molecule has 0 spiro atoms. The van der Waals surface area contributed by atoms with E-state index in [0.29, 0.717) is 28.0 Å². The molecule has 4 N–H and O–H groups in total. The van der Waals surface area contributed by atoms with Crippen LogP contribution in [0.5, 0.6) is 17.2 Å². The summed E-state index contributed by atoms with van der Waals surface area (Å²) in [6.45, 7) is 6.31. The van der Waals surface area contributed by atoms with E-state index in [2.05, 4.69) is 15.6 Å². The van der Waals surface area contributed by atoms with Gasteiger partial charge in [-0.15, -0.1) is 0 Å². The van der Waals surface area contributed by atoms with Crippen LogP contribution in [0.25, 0.3) is 20.9 Å². The van der Waals surface area contributed by atoms with Crippen LogP contribution < -0.4 is 15.4 Å². The van der Waals surface area contributed by atoms with Crippen molar-refractivity contribution in [3.8, 4) is 22.9 Å². The number of rotatable bonds is 7. The lowest BCUT2D eigenvalue weighted by molar-refractivity contribution is 0.0690. The van der Waals surface area contributed by atoms with E-state index in [4.69, 9.17) is 9.84 Å². The Morgan fingerprint density at radius 2 is 1.79 bits per heavy atom. The van der Waals surface area contributed by atoms with Crippen LogP contribution in [0.4, 0.5) is 10.6 Å². The number of carboxylic acid groups (broad SMARTS) is 1. The number of amides is 2. The van der Waals surface area contributed by atoms with Gasteiger partial charge in [-0.2, -0.15) is 5.10 Å². The molecular weight excluding hydrogens is 568 g/mol. The molecular formula is C31H28N6O5S. The van der Waals surface area contributed by atoms with Crippen LogP contribution in [0.2, 0.25) is 0 Å². The number of fused-ring (bicyclic) bond motifs is 3. The van der Waals surface area contributed by atoms with E-state index >= 15 is 0 Å². The summed E-state index contributed by atoms with van der Waals surface area (Å²) in [6.07, 6.45) is 1.35. The molecule has 0 bridgehead atoms. The molecule has 0 unspecified atom stereocenters. The van der Waals surface area contributed by atoms with Gasteiger partial charge in [-0.05, 0) is 42.5 Å². The van der Waals surface area contributed by atoms with Crippen LogP contribution in [0.15, 0.2) is 79.0 Å². The molecule has 3 heterocycles. The number of carbonyl (C=O) groups excluding carboxylic acids is 1. The number of nitrogens with zero attached hydrogens (tertiary/aromatic N) is 4. The van der Waals surface area contributed by atoms with Crippen LogP contribution in [0, 0.1) is 0 Å². The first-order chi connectivity index (χ1) is 20.6. The average molecular weight is 597 g/mol. The number of benzene rings is 3. The summed E-state index contributed by atoms with van der Waals surface area (Å²) in [7, 11) is 0. The molecule has 0 saturated heterocycles. The fourth-order valence-electron chi connectivity index (χ4n) is 4.55. The molecule has 0 aliphatic rings. The van der Waals surface area contributed by atoms with Gasteiger partial charge in [0.1, 0.15) is 23.1 Å². The smallest absolute Gasteiger partial charge is 0.354 e. The van der Waals surface area contributed by atoms with Crippen molar-refractivity contribution in [1.82, 2.24) is 24.5 Å². The Bertz CT molecular complexity index is 1980. The third-order valence-corrected chi connectivity index (χ3v) is 7.79. The zero-order valence-electron chi connectivity index (χ0n) is 23.5. The summed E-state index contributed by atoms with van der Waals surface area (Å²) in [5.74, 6) is 0.715. The topological polar surface area (TPSA) is 143 Å².